The molecule has 0 radical (unpaired) electrons. The van der Waals surface area contributed by atoms with Crippen molar-refractivity contribution in [1.82, 2.24) is 0 Å². The van der Waals surface area contributed by atoms with Crippen LogP contribution in [0.2, 0.25) is 5.02 Å². The number of carbonyl (C=O) groups is 1. The summed E-state index contributed by atoms with van der Waals surface area (Å²) in [7, 11) is 0. The molecule has 0 fully saturated rings. The summed E-state index contributed by atoms with van der Waals surface area (Å²) < 4.78 is 14.1. The lowest BCUT2D eigenvalue weighted by molar-refractivity contribution is 0.102. The molecule has 0 saturated carbocycles. The van der Waals surface area contributed by atoms with Crippen molar-refractivity contribution in [3.63, 3.8) is 0 Å². The smallest absolute Gasteiger partial charge is 0.255 e. The molecule has 0 aromatic heterocycles. The second-order valence-electron chi connectivity index (χ2n) is 3.75. The number of carbonyl (C=O) groups excluding carboxylic acids is 1. The Labute approximate surface area is 122 Å². The molecule has 19 heavy (non-hydrogen) atoms. The molecule has 0 heterocycles. The topological polar surface area (TPSA) is 49.3 Å². The van der Waals surface area contributed by atoms with Gasteiger partial charge in [-0.2, -0.15) is 0 Å². The van der Waals surface area contributed by atoms with E-state index >= 15 is 0 Å². The van der Waals surface area contributed by atoms with Gasteiger partial charge in [-0.05, 0) is 46.3 Å². The average Bonchev–Trinajstić information content (AvgIpc) is 2.36. The van der Waals surface area contributed by atoms with Crippen LogP contribution in [-0.4, -0.2) is 11.0 Å². The first-order valence-electron chi connectivity index (χ1n) is 5.22. The molecule has 98 valence electrons. The molecule has 2 rings (SSSR count). The summed E-state index contributed by atoms with van der Waals surface area (Å²) in [4.78, 5) is 11.9. The molecular formula is C13H8BrClFNO2. The van der Waals surface area contributed by atoms with Gasteiger partial charge in [0.05, 0.1) is 10.7 Å². The first-order chi connectivity index (χ1) is 8.97. The zero-order valence-electron chi connectivity index (χ0n) is 9.45. The molecule has 2 aromatic rings. The molecule has 0 spiro atoms. The SMILES string of the molecule is O=C(Nc1ccc(O)cc1F)c1ccc(Br)c(Cl)c1. The highest BCUT2D eigenvalue weighted by Gasteiger charge is 2.11. The van der Waals surface area contributed by atoms with E-state index in [9.17, 15) is 9.18 Å². The predicted molar refractivity (Wildman–Crippen MR) is 75.2 cm³/mol. The Balaban J connectivity index is 2.23. The van der Waals surface area contributed by atoms with E-state index in [1.54, 1.807) is 12.1 Å². The summed E-state index contributed by atoms with van der Waals surface area (Å²) in [6.07, 6.45) is 0. The first-order valence-corrected chi connectivity index (χ1v) is 6.39. The zero-order chi connectivity index (χ0) is 14.0. The summed E-state index contributed by atoms with van der Waals surface area (Å²) in [5.74, 6) is -1.40. The Morgan fingerprint density at radius 2 is 2.00 bits per heavy atom. The van der Waals surface area contributed by atoms with Crippen molar-refractivity contribution in [3.8, 4) is 5.75 Å². The van der Waals surface area contributed by atoms with Gasteiger partial charge >= 0.3 is 0 Å². The van der Waals surface area contributed by atoms with Gasteiger partial charge in [-0.3, -0.25) is 4.79 Å². The number of benzene rings is 2. The predicted octanol–water partition coefficient (Wildman–Crippen LogP) is 4.20. The number of halogens is 3. The van der Waals surface area contributed by atoms with Crippen LogP contribution < -0.4 is 5.32 Å². The van der Waals surface area contributed by atoms with E-state index in [-0.39, 0.29) is 11.4 Å². The lowest BCUT2D eigenvalue weighted by Gasteiger charge is -2.07. The number of phenolic OH excluding ortho intramolecular Hbond substituents is 1. The number of nitrogens with one attached hydrogen (secondary N) is 1. The second kappa shape index (κ2) is 5.59. The van der Waals surface area contributed by atoms with Gasteiger partial charge in [-0.1, -0.05) is 11.6 Å². The number of anilines is 1. The van der Waals surface area contributed by atoms with E-state index in [2.05, 4.69) is 21.2 Å². The molecule has 0 aliphatic rings. The summed E-state index contributed by atoms with van der Waals surface area (Å²) in [5, 5.41) is 11.9. The van der Waals surface area contributed by atoms with Crippen molar-refractivity contribution in [1.29, 1.82) is 0 Å². The molecule has 0 atom stereocenters. The third-order valence-corrected chi connectivity index (χ3v) is 3.62. The minimum absolute atomic E-state index is 0.0122. The molecule has 1 amide bonds. The number of hydrogen-bond donors (Lipinski definition) is 2. The number of aromatic hydroxyl groups is 1. The van der Waals surface area contributed by atoms with Crippen molar-refractivity contribution in [2.45, 2.75) is 0 Å². The molecular weight excluding hydrogens is 337 g/mol. The normalized spacial score (nSPS) is 10.3. The van der Waals surface area contributed by atoms with Gasteiger partial charge < -0.3 is 10.4 Å². The van der Waals surface area contributed by atoms with E-state index in [1.165, 1.54) is 18.2 Å². The molecule has 0 aliphatic heterocycles. The van der Waals surface area contributed by atoms with Gasteiger partial charge in [0.15, 0.2) is 0 Å². The summed E-state index contributed by atoms with van der Waals surface area (Å²) in [6, 6.07) is 8.15. The summed E-state index contributed by atoms with van der Waals surface area (Å²) >= 11 is 9.09. The lowest BCUT2D eigenvalue weighted by atomic mass is 10.2. The van der Waals surface area contributed by atoms with Crippen LogP contribution in [0.5, 0.6) is 5.75 Å². The van der Waals surface area contributed by atoms with Crippen LogP contribution >= 0.6 is 27.5 Å². The van der Waals surface area contributed by atoms with Gasteiger partial charge in [-0.25, -0.2) is 4.39 Å². The minimum Gasteiger partial charge on any atom is -0.508 e. The van der Waals surface area contributed by atoms with E-state index in [0.29, 0.717) is 15.1 Å². The lowest BCUT2D eigenvalue weighted by Crippen LogP contribution is -2.12. The van der Waals surface area contributed by atoms with E-state index in [4.69, 9.17) is 16.7 Å². The Bertz CT molecular complexity index is 649. The van der Waals surface area contributed by atoms with Gasteiger partial charge in [0.2, 0.25) is 0 Å². The molecule has 3 nitrogen and oxygen atoms in total. The maximum Gasteiger partial charge on any atom is 0.255 e. The Kier molecular flexibility index (Phi) is 4.07. The van der Waals surface area contributed by atoms with Crippen LogP contribution in [0.3, 0.4) is 0 Å². The maximum atomic E-state index is 13.5. The fourth-order valence-corrected chi connectivity index (χ4v) is 1.86. The quantitative estimate of drug-likeness (QED) is 0.802. The van der Waals surface area contributed by atoms with Crippen molar-refractivity contribution in [2.24, 2.45) is 0 Å². The molecule has 2 N–H and O–H groups in total. The highest BCUT2D eigenvalue weighted by atomic mass is 79.9. The standard InChI is InChI=1S/C13H8BrClFNO2/c14-9-3-1-7(5-10(9)15)13(19)17-12-4-2-8(18)6-11(12)16/h1-6,18H,(H,17,19). The van der Waals surface area contributed by atoms with Gasteiger partial charge in [-0.15, -0.1) is 0 Å². The fourth-order valence-electron chi connectivity index (χ4n) is 1.44. The molecule has 0 unspecified atom stereocenters. The fraction of sp³-hybridized carbons (Fsp3) is 0. The molecule has 0 bridgehead atoms. The Morgan fingerprint density at radius 3 is 2.63 bits per heavy atom. The van der Waals surface area contributed by atoms with Crippen LogP contribution in [0.25, 0.3) is 0 Å². The largest absolute Gasteiger partial charge is 0.508 e. The highest BCUT2D eigenvalue weighted by molar-refractivity contribution is 9.10. The van der Waals surface area contributed by atoms with E-state index in [0.717, 1.165) is 6.07 Å². The van der Waals surface area contributed by atoms with Gasteiger partial charge in [0.25, 0.3) is 5.91 Å². The number of amides is 1. The van der Waals surface area contributed by atoms with Gasteiger partial charge in [0, 0.05) is 16.1 Å². The summed E-state index contributed by atoms with van der Waals surface area (Å²) in [5.41, 5.74) is 0.294. The first kappa shape index (κ1) is 13.8. The third kappa shape index (κ3) is 3.24. The summed E-state index contributed by atoms with van der Waals surface area (Å²) in [6.45, 7) is 0. The third-order valence-electron chi connectivity index (χ3n) is 2.38. The Morgan fingerprint density at radius 1 is 1.26 bits per heavy atom. The second-order valence-corrected chi connectivity index (χ2v) is 5.01. The monoisotopic (exact) mass is 343 g/mol. The van der Waals surface area contributed by atoms with Crippen molar-refractivity contribution in [3.05, 3.63) is 57.3 Å². The van der Waals surface area contributed by atoms with Crippen molar-refractivity contribution < 1.29 is 14.3 Å². The Hall–Kier alpha value is -1.59. The van der Waals surface area contributed by atoms with Gasteiger partial charge in [0.1, 0.15) is 11.6 Å². The van der Waals surface area contributed by atoms with Crippen molar-refractivity contribution >= 4 is 39.1 Å². The van der Waals surface area contributed by atoms with Crippen LogP contribution in [0, 0.1) is 5.82 Å². The van der Waals surface area contributed by atoms with Crippen LogP contribution in [-0.2, 0) is 0 Å². The van der Waals surface area contributed by atoms with Crippen LogP contribution in [0.1, 0.15) is 10.4 Å². The molecule has 6 heteroatoms. The van der Waals surface area contributed by atoms with E-state index < -0.39 is 11.7 Å². The van der Waals surface area contributed by atoms with E-state index in [1.807, 2.05) is 0 Å². The molecule has 2 aromatic carbocycles. The number of phenols is 1. The number of hydrogen-bond acceptors (Lipinski definition) is 2. The highest BCUT2D eigenvalue weighted by Crippen LogP contribution is 2.24. The van der Waals surface area contributed by atoms with Crippen LogP contribution in [0.15, 0.2) is 40.9 Å². The minimum atomic E-state index is -0.712. The number of rotatable bonds is 2. The maximum absolute atomic E-state index is 13.5. The average molecular weight is 345 g/mol. The molecule has 0 saturated heterocycles. The van der Waals surface area contributed by atoms with Crippen LogP contribution in [0.4, 0.5) is 10.1 Å². The zero-order valence-corrected chi connectivity index (χ0v) is 11.8. The van der Waals surface area contributed by atoms with Crippen molar-refractivity contribution in [2.75, 3.05) is 5.32 Å². The molecule has 0 aliphatic carbocycles.